The van der Waals surface area contributed by atoms with E-state index in [1.807, 2.05) is 54.6 Å². The van der Waals surface area contributed by atoms with E-state index in [0.717, 1.165) is 44.9 Å². The number of para-hydroxylation sites is 3. The summed E-state index contributed by atoms with van der Waals surface area (Å²) in [6.45, 7) is 0. The largest absolute Gasteiger partial charge is 0.497 e. The van der Waals surface area contributed by atoms with Gasteiger partial charge >= 0.3 is 0 Å². The Hall–Kier alpha value is -3.60. The molecule has 0 radical (unpaired) electrons. The van der Waals surface area contributed by atoms with Crippen molar-refractivity contribution >= 4 is 21.9 Å². The normalized spacial score (nSPS) is 11.3. The molecule has 0 saturated carbocycles. The highest BCUT2D eigenvalue weighted by Crippen LogP contribution is 2.32. The second-order valence-electron chi connectivity index (χ2n) is 6.08. The van der Waals surface area contributed by atoms with Crippen LogP contribution in [0.3, 0.4) is 0 Å². The number of nitrogens with one attached hydrogen (secondary N) is 1. The van der Waals surface area contributed by atoms with Gasteiger partial charge in [-0.2, -0.15) is 5.10 Å². The molecule has 2 heterocycles. The molecule has 0 saturated heterocycles. The summed E-state index contributed by atoms with van der Waals surface area (Å²) in [5, 5.41) is 8.70. The first-order valence-corrected chi connectivity index (χ1v) is 8.40. The second kappa shape index (κ2) is 5.74. The zero-order valence-corrected chi connectivity index (χ0v) is 14.2. The van der Waals surface area contributed by atoms with Crippen LogP contribution in [0.25, 0.3) is 39.1 Å². The highest BCUT2D eigenvalue weighted by atomic mass is 16.5. The molecule has 3 aromatic carbocycles. The van der Waals surface area contributed by atoms with E-state index in [-0.39, 0.29) is 0 Å². The molecule has 0 atom stereocenters. The summed E-state index contributed by atoms with van der Waals surface area (Å²) in [5.41, 5.74) is 4.77. The zero-order valence-electron chi connectivity index (χ0n) is 14.2. The first-order valence-electron chi connectivity index (χ1n) is 8.40. The number of aromatic amines is 1. The lowest BCUT2D eigenvalue weighted by Crippen LogP contribution is -1.98. The van der Waals surface area contributed by atoms with E-state index in [4.69, 9.17) is 9.72 Å². The fourth-order valence-electron chi connectivity index (χ4n) is 3.33. The Morgan fingerprint density at radius 3 is 2.69 bits per heavy atom. The Bertz CT molecular complexity index is 1240. The fraction of sp³-hybridized carbons (Fsp3) is 0.0476. The summed E-state index contributed by atoms with van der Waals surface area (Å²) < 4.78 is 7.54. The molecule has 5 heteroatoms. The van der Waals surface area contributed by atoms with E-state index in [1.165, 1.54) is 0 Å². The average molecular weight is 340 g/mol. The van der Waals surface area contributed by atoms with Crippen LogP contribution >= 0.6 is 0 Å². The van der Waals surface area contributed by atoms with Gasteiger partial charge in [0.05, 0.1) is 29.3 Å². The number of ether oxygens (including phenoxy) is 1. The molecule has 0 spiro atoms. The Balaban J connectivity index is 1.85. The van der Waals surface area contributed by atoms with Crippen molar-refractivity contribution in [2.45, 2.75) is 0 Å². The number of H-pyrrole nitrogens is 1. The molecular formula is C21H16N4O. The van der Waals surface area contributed by atoms with E-state index in [2.05, 4.69) is 33.0 Å². The van der Waals surface area contributed by atoms with Crippen molar-refractivity contribution in [3.63, 3.8) is 0 Å². The molecule has 2 aromatic heterocycles. The van der Waals surface area contributed by atoms with Gasteiger partial charge in [-0.1, -0.05) is 36.4 Å². The van der Waals surface area contributed by atoms with Gasteiger partial charge in [0, 0.05) is 11.5 Å². The first-order chi connectivity index (χ1) is 12.8. The maximum Gasteiger partial charge on any atom is 0.166 e. The topological polar surface area (TPSA) is 55.7 Å². The van der Waals surface area contributed by atoms with Gasteiger partial charge in [0.25, 0.3) is 0 Å². The van der Waals surface area contributed by atoms with Crippen LogP contribution in [0, 0.1) is 0 Å². The predicted molar refractivity (Wildman–Crippen MR) is 103 cm³/mol. The van der Waals surface area contributed by atoms with Gasteiger partial charge < -0.3 is 4.74 Å². The SMILES string of the molecule is COc1cccc(-n2c(-c3n[nH]c4ccccc34)nc3ccccc32)c1. The monoisotopic (exact) mass is 340 g/mol. The maximum absolute atomic E-state index is 5.41. The van der Waals surface area contributed by atoms with Crippen LogP contribution in [0.1, 0.15) is 0 Å². The number of nitrogens with zero attached hydrogens (tertiary/aromatic N) is 3. The quantitative estimate of drug-likeness (QED) is 0.523. The molecule has 0 fully saturated rings. The average Bonchev–Trinajstić information content (AvgIpc) is 3.29. The van der Waals surface area contributed by atoms with Crippen LogP contribution in [0.5, 0.6) is 5.75 Å². The molecule has 5 nitrogen and oxygen atoms in total. The maximum atomic E-state index is 5.41. The summed E-state index contributed by atoms with van der Waals surface area (Å²) in [4.78, 5) is 4.88. The van der Waals surface area contributed by atoms with Gasteiger partial charge in [-0.15, -0.1) is 0 Å². The molecule has 0 aliphatic carbocycles. The number of hydrogen-bond donors (Lipinski definition) is 1. The molecule has 0 amide bonds. The minimum atomic E-state index is 0.803. The number of hydrogen-bond acceptors (Lipinski definition) is 3. The van der Waals surface area contributed by atoms with Gasteiger partial charge in [0.15, 0.2) is 5.82 Å². The lowest BCUT2D eigenvalue weighted by molar-refractivity contribution is 0.414. The number of benzene rings is 3. The molecule has 26 heavy (non-hydrogen) atoms. The van der Waals surface area contributed by atoms with Gasteiger partial charge in [0.1, 0.15) is 11.4 Å². The van der Waals surface area contributed by atoms with Crippen LogP contribution in [-0.2, 0) is 0 Å². The molecule has 0 unspecified atom stereocenters. The van der Waals surface area contributed by atoms with E-state index in [0.29, 0.717) is 0 Å². The van der Waals surface area contributed by atoms with Gasteiger partial charge in [0.2, 0.25) is 0 Å². The second-order valence-corrected chi connectivity index (χ2v) is 6.08. The lowest BCUT2D eigenvalue weighted by atomic mass is 10.2. The van der Waals surface area contributed by atoms with Gasteiger partial charge in [-0.05, 0) is 30.3 Å². The van der Waals surface area contributed by atoms with E-state index >= 15 is 0 Å². The van der Waals surface area contributed by atoms with Crippen molar-refractivity contribution in [1.29, 1.82) is 0 Å². The van der Waals surface area contributed by atoms with E-state index < -0.39 is 0 Å². The van der Waals surface area contributed by atoms with Crippen molar-refractivity contribution in [2.75, 3.05) is 7.11 Å². The number of fused-ring (bicyclic) bond motifs is 2. The third-order valence-electron chi connectivity index (χ3n) is 4.55. The molecule has 0 aliphatic heterocycles. The summed E-state index contributed by atoms with van der Waals surface area (Å²) >= 11 is 0. The first kappa shape index (κ1) is 14.7. The number of methoxy groups -OCH3 is 1. The van der Waals surface area contributed by atoms with Gasteiger partial charge in [-0.3, -0.25) is 9.67 Å². The van der Waals surface area contributed by atoms with Crippen LogP contribution in [-0.4, -0.2) is 26.9 Å². The highest BCUT2D eigenvalue weighted by Gasteiger charge is 2.18. The Kier molecular flexibility index (Phi) is 3.25. The summed E-state index contributed by atoms with van der Waals surface area (Å²) in [6.07, 6.45) is 0. The van der Waals surface area contributed by atoms with Gasteiger partial charge in [-0.25, -0.2) is 4.98 Å². The Morgan fingerprint density at radius 2 is 1.77 bits per heavy atom. The van der Waals surface area contributed by atoms with E-state index in [1.54, 1.807) is 7.11 Å². The lowest BCUT2D eigenvalue weighted by Gasteiger charge is -2.10. The van der Waals surface area contributed by atoms with Crippen LogP contribution in [0.2, 0.25) is 0 Å². The van der Waals surface area contributed by atoms with Crippen LogP contribution in [0.4, 0.5) is 0 Å². The Morgan fingerprint density at radius 1 is 0.923 bits per heavy atom. The molecule has 5 aromatic rings. The molecule has 1 N–H and O–H groups in total. The zero-order chi connectivity index (χ0) is 17.5. The molecule has 0 aliphatic rings. The van der Waals surface area contributed by atoms with Crippen molar-refractivity contribution in [3.05, 3.63) is 72.8 Å². The number of aromatic nitrogens is 4. The summed E-state index contributed by atoms with van der Waals surface area (Å²) in [6, 6.07) is 24.2. The van der Waals surface area contributed by atoms with Crippen molar-refractivity contribution in [2.24, 2.45) is 0 Å². The third-order valence-corrected chi connectivity index (χ3v) is 4.55. The highest BCUT2D eigenvalue weighted by molar-refractivity contribution is 5.94. The third kappa shape index (κ3) is 2.18. The predicted octanol–water partition coefficient (Wildman–Crippen LogP) is 4.58. The molecular weight excluding hydrogens is 324 g/mol. The van der Waals surface area contributed by atoms with E-state index in [9.17, 15) is 0 Å². The molecule has 0 bridgehead atoms. The molecule has 5 rings (SSSR count). The van der Waals surface area contributed by atoms with Crippen molar-refractivity contribution in [1.82, 2.24) is 19.7 Å². The van der Waals surface area contributed by atoms with Crippen molar-refractivity contribution < 1.29 is 4.74 Å². The number of imidazole rings is 1. The fourth-order valence-corrected chi connectivity index (χ4v) is 3.33. The minimum Gasteiger partial charge on any atom is -0.497 e. The minimum absolute atomic E-state index is 0.803. The summed E-state index contributed by atoms with van der Waals surface area (Å²) in [5.74, 6) is 1.61. The van der Waals surface area contributed by atoms with Crippen LogP contribution in [0.15, 0.2) is 72.8 Å². The van der Waals surface area contributed by atoms with Crippen molar-refractivity contribution in [3.8, 4) is 23.0 Å². The number of rotatable bonds is 3. The standard InChI is InChI=1S/C21H16N4O/c1-26-15-8-6-7-14(13-15)25-19-12-5-4-11-18(19)22-21(25)20-16-9-2-3-10-17(16)23-24-20/h2-13H,1H3,(H,23,24). The smallest absolute Gasteiger partial charge is 0.166 e. The summed E-state index contributed by atoms with van der Waals surface area (Å²) in [7, 11) is 1.67. The van der Waals surface area contributed by atoms with Crippen LogP contribution < -0.4 is 4.74 Å². The molecule has 126 valence electrons. The Labute approximate surface area is 149 Å².